The molecule has 1 aliphatic rings. The van der Waals surface area contributed by atoms with Gasteiger partial charge in [-0.1, -0.05) is 0 Å². The van der Waals surface area contributed by atoms with Gasteiger partial charge < -0.3 is 9.64 Å². The molecule has 3 aromatic rings. The number of carbonyl (C=O) groups is 1. The van der Waals surface area contributed by atoms with Crippen molar-refractivity contribution in [3.63, 3.8) is 0 Å². The Balaban J connectivity index is 1.78. The van der Waals surface area contributed by atoms with Gasteiger partial charge in [-0.05, 0) is 42.8 Å². The first-order valence-corrected chi connectivity index (χ1v) is 9.31. The SMILES string of the molecule is CCOC(=O)c1cnn2ccc(N3CC(F)(F)C[C@@H]3c3cc(F)cc(C#N)c3)cc12. The maximum atomic E-state index is 14.4. The third kappa shape index (κ3) is 3.56. The molecule has 9 heteroatoms. The lowest BCUT2D eigenvalue weighted by Crippen LogP contribution is -2.26. The van der Waals surface area contributed by atoms with Crippen LogP contribution >= 0.6 is 0 Å². The van der Waals surface area contributed by atoms with Crippen LogP contribution in [0, 0.1) is 17.1 Å². The Bertz CT molecular complexity index is 1170. The second-order valence-corrected chi connectivity index (χ2v) is 7.08. The molecule has 1 aromatic carbocycles. The molecule has 1 saturated heterocycles. The number of nitriles is 1. The van der Waals surface area contributed by atoms with E-state index in [1.807, 2.05) is 6.07 Å². The van der Waals surface area contributed by atoms with Crippen molar-refractivity contribution < 1.29 is 22.7 Å². The highest BCUT2D eigenvalue weighted by molar-refractivity contribution is 5.97. The van der Waals surface area contributed by atoms with Gasteiger partial charge in [0.05, 0.1) is 42.5 Å². The van der Waals surface area contributed by atoms with E-state index in [1.165, 1.54) is 27.7 Å². The third-order valence-corrected chi connectivity index (χ3v) is 5.04. The van der Waals surface area contributed by atoms with Crippen molar-refractivity contribution in [2.45, 2.75) is 25.3 Å². The van der Waals surface area contributed by atoms with Crippen LogP contribution < -0.4 is 4.90 Å². The number of hydrogen-bond acceptors (Lipinski definition) is 5. The number of anilines is 1. The molecule has 3 heterocycles. The number of halogens is 3. The van der Waals surface area contributed by atoms with Gasteiger partial charge in [-0.15, -0.1) is 0 Å². The van der Waals surface area contributed by atoms with E-state index in [4.69, 9.17) is 10.00 Å². The Kier molecular flexibility index (Phi) is 4.86. The number of pyridine rings is 1. The third-order valence-electron chi connectivity index (χ3n) is 5.04. The molecule has 4 rings (SSSR count). The molecule has 2 aromatic heterocycles. The highest BCUT2D eigenvalue weighted by atomic mass is 19.3. The van der Waals surface area contributed by atoms with Gasteiger partial charge in [-0.25, -0.2) is 22.5 Å². The van der Waals surface area contributed by atoms with Crippen LogP contribution in [0.15, 0.2) is 42.7 Å². The lowest BCUT2D eigenvalue weighted by atomic mass is 10.0. The Morgan fingerprint density at radius 3 is 2.90 bits per heavy atom. The van der Waals surface area contributed by atoms with Crippen molar-refractivity contribution in [2.75, 3.05) is 18.1 Å². The van der Waals surface area contributed by atoms with Crippen LogP contribution in [0.3, 0.4) is 0 Å². The first-order valence-electron chi connectivity index (χ1n) is 9.31. The molecular weight excluding hydrogens is 397 g/mol. The number of alkyl halides is 2. The molecule has 0 aliphatic carbocycles. The number of fused-ring (bicyclic) bond motifs is 1. The first-order chi connectivity index (χ1) is 14.3. The summed E-state index contributed by atoms with van der Waals surface area (Å²) in [6.07, 6.45) is 2.41. The number of esters is 1. The van der Waals surface area contributed by atoms with E-state index in [2.05, 4.69) is 5.10 Å². The molecule has 0 N–H and O–H groups in total. The lowest BCUT2D eigenvalue weighted by molar-refractivity contribution is 0.0222. The van der Waals surface area contributed by atoms with Gasteiger partial charge in [0, 0.05) is 18.3 Å². The monoisotopic (exact) mass is 414 g/mol. The van der Waals surface area contributed by atoms with Crippen molar-refractivity contribution in [3.05, 3.63) is 65.2 Å². The zero-order valence-electron chi connectivity index (χ0n) is 16.0. The molecular formula is C21H17F3N4O2. The lowest BCUT2D eigenvalue weighted by Gasteiger charge is -2.26. The summed E-state index contributed by atoms with van der Waals surface area (Å²) in [6, 6.07) is 7.85. The van der Waals surface area contributed by atoms with E-state index in [0.717, 1.165) is 6.07 Å². The maximum Gasteiger partial charge on any atom is 0.341 e. The Morgan fingerprint density at radius 2 is 2.17 bits per heavy atom. The molecule has 0 spiro atoms. The number of ether oxygens (including phenoxy) is 1. The summed E-state index contributed by atoms with van der Waals surface area (Å²) in [4.78, 5) is 13.6. The standard InChI is InChI=1S/C21H17F3N4O2/c1-2-30-20(29)17-11-26-28-4-3-16(8-18(17)28)27-12-21(23,24)9-19(27)14-5-13(10-25)6-15(22)7-14/h3-8,11,19H,2,9,12H2,1H3/t19-/m1/s1. The van der Waals surface area contributed by atoms with E-state index in [-0.39, 0.29) is 17.7 Å². The van der Waals surface area contributed by atoms with E-state index in [9.17, 15) is 18.0 Å². The molecule has 1 aliphatic heterocycles. The van der Waals surface area contributed by atoms with Crippen LogP contribution in [0.2, 0.25) is 0 Å². The van der Waals surface area contributed by atoms with Crippen LogP contribution in [-0.4, -0.2) is 34.7 Å². The normalized spacial score (nSPS) is 17.8. The molecule has 0 saturated carbocycles. The van der Waals surface area contributed by atoms with Gasteiger partial charge in [0.25, 0.3) is 5.92 Å². The average Bonchev–Trinajstić information content (AvgIpc) is 3.27. The molecule has 1 fully saturated rings. The number of benzene rings is 1. The van der Waals surface area contributed by atoms with Crippen molar-refractivity contribution in [1.29, 1.82) is 5.26 Å². The number of carbonyl (C=O) groups excluding carboxylic acids is 1. The quantitative estimate of drug-likeness (QED) is 0.601. The average molecular weight is 414 g/mol. The summed E-state index contributed by atoms with van der Waals surface area (Å²) in [7, 11) is 0. The summed E-state index contributed by atoms with van der Waals surface area (Å²) in [6.45, 7) is 1.30. The summed E-state index contributed by atoms with van der Waals surface area (Å²) in [5, 5.41) is 13.2. The van der Waals surface area contributed by atoms with Gasteiger partial charge in [-0.3, -0.25) is 0 Å². The van der Waals surface area contributed by atoms with Crippen LogP contribution in [0.4, 0.5) is 18.9 Å². The van der Waals surface area contributed by atoms with E-state index in [0.29, 0.717) is 16.8 Å². The fourth-order valence-corrected chi connectivity index (χ4v) is 3.77. The van der Waals surface area contributed by atoms with E-state index in [1.54, 1.807) is 25.3 Å². The number of nitrogens with zero attached hydrogens (tertiary/aromatic N) is 4. The number of hydrogen-bond donors (Lipinski definition) is 0. The second kappa shape index (κ2) is 7.37. The molecule has 1 atom stereocenters. The zero-order chi connectivity index (χ0) is 21.5. The van der Waals surface area contributed by atoms with Crippen LogP contribution in [0.5, 0.6) is 0 Å². The van der Waals surface area contributed by atoms with E-state index < -0.39 is 36.7 Å². The van der Waals surface area contributed by atoms with Gasteiger partial charge in [0.2, 0.25) is 0 Å². The number of rotatable bonds is 4. The van der Waals surface area contributed by atoms with Gasteiger partial charge in [0.1, 0.15) is 11.4 Å². The second-order valence-electron chi connectivity index (χ2n) is 7.08. The summed E-state index contributed by atoms with van der Waals surface area (Å²) >= 11 is 0. The molecule has 0 unspecified atom stereocenters. The summed E-state index contributed by atoms with van der Waals surface area (Å²) in [5.41, 5.74) is 1.42. The summed E-state index contributed by atoms with van der Waals surface area (Å²) in [5.74, 6) is -4.22. The fraction of sp³-hybridized carbons (Fsp3) is 0.286. The number of aromatic nitrogens is 2. The highest BCUT2D eigenvalue weighted by Crippen LogP contribution is 2.44. The van der Waals surface area contributed by atoms with Gasteiger partial charge in [0.15, 0.2) is 0 Å². The van der Waals surface area contributed by atoms with Crippen LogP contribution in [0.1, 0.15) is 40.9 Å². The van der Waals surface area contributed by atoms with Gasteiger partial charge >= 0.3 is 5.97 Å². The van der Waals surface area contributed by atoms with Gasteiger partial charge in [-0.2, -0.15) is 10.4 Å². The van der Waals surface area contributed by atoms with Crippen LogP contribution in [0.25, 0.3) is 5.52 Å². The van der Waals surface area contributed by atoms with Crippen molar-refractivity contribution >= 4 is 17.2 Å². The zero-order valence-corrected chi connectivity index (χ0v) is 16.0. The van der Waals surface area contributed by atoms with Crippen molar-refractivity contribution in [3.8, 4) is 6.07 Å². The topological polar surface area (TPSA) is 70.6 Å². The van der Waals surface area contributed by atoms with Crippen molar-refractivity contribution in [1.82, 2.24) is 9.61 Å². The molecule has 6 nitrogen and oxygen atoms in total. The Labute approximate surface area is 170 Å². The summed E-state index contributed by atoms with van der Waals surface area (Å²) < 4.78 is 49.2. The minimum absolute atomic E-state index is 0.0657. The minimum Gasteiger partial charge on any atom is -0.462 e. The van der Waals surface area contributed by atoms with Crippen molar-refractivity contribution in [2.24, 2.45) is 0 Å². The molecule has 0 amide bonds. The Morgan fingerprint density at radius 1 is 1.37 bits per heavy atom. The fourth-order valence-electron chi connectivity index (χ4n) is 3.77. The minimum atomic E-state index is -3.00. The molecule has 0 radical (unpaired) electrons. The Hall–Kier alpha value is -3.54. The van der Waals surface area contributed by atoms with E-state index >= 15 is 0 Å². The first kappa shape index (κ1) is 19.8. The largest absolute Gasteiger partial charge is 0.462 e. The molecule has 154 valence electrons. The predicted molar refractivity (Wildman–Crippen MR) is 102 cm³/mol. The van der Waals surface area contributed by atoms with Crippen LogP contribution in [-0.2, 0) is 4.74 Å². The molecule has 30 heavy (non-hydrogen) atoms. The predicted octanol–water partition coefficient (Wildman–Crippen LogP) is 4.11. The molecule has 0 bridgehead atoms. The maximum absolute atomic E-state index is 14.4. The highest BCUT2D eigenvalue weighted by Gasteiger charge is 2.46. The smallest absolute Gasteiger partial charge is 0.341 e.